The number of hydrogen-bond acceptors (Lipinski definition) is 10. The average molecular weight is 744 g/mol. The maximum atomic E-state index is 13.6. The molecule has 4 aromatic rings. The molecule has 0 radical (unpaired) electrons. The van der Waals surface area contributed by atoms with E-state index in [0.717, 1.165) is 16.7 Å². The number of carbonyl (C=O) groups excluding carboxylic acids is 1. The number of hydrogen-bond donors (Lipinski definition) is 1. The first-order valence-corrected chi connectivity index (χ1v) is 16.6. The zero-order chi connectivity index (χ0) is 35.5. The van der Waals surface area contributed by atoms with Crippen molar-refractivity contribution in [3.63, 3.8) is 0 Å². The number of nitro benzene ring substituents is 1. The molecule has 1 saturated heterocycles. The van der Waals surface area contributed by atoms with Crippen molar-refractivity contribution in [1.29, 1.82) is 5.41 Å². The third-order valence-electron chi connectivity index (χ3n) is 7.60. The zero-order valence-corrected chi connectivity index (χ0v) is 28.7. The number of esters is 1. The van der Waals surface area contributed by atoms with Crippen LogP contribution in [0.2, 0.25) is 0 Å². The van der Waals surface area contributed by atoms with Crippen LogP contribution in [0.5, 0.6) is 0 Å². The predicted molar refractivity (Wildman–Crippen MR) is 186 cm³/mol. The summed E-state index contributed by atoms with van der Waals surface area (Å²) in [5.74, 6) is -1.53. The lowest BCUT2D eigenvalue weighted by Gasteiger charge is -2.45. The van der Waals surface area contributed by atoms with Gasteiger partial charge in [0.1, 0.15) is 18.3 Å². The van der Waals surface area contributed by atoms with Crippen LogP contribution in [0, 0.1) is 15.5 Å². The number of carbonyl (C=O) groups is 1. The summed E-state index contributed by atoms with van der Waals surface area (Å²) in [5, 5.41) is 19.6. The van der Waals surface area contributed by atoms with E-state index < -0.39 is 51.3 Å². The van der Waals surface area contributed by atoms with Crippen molar-refractivity contribution in [3.8, 4) is 0 Å². The highest BCUT2D eigenvalue weighted by Gasteiger charge is 2.52. The molecule has 262 valence electrons. The van der Waals surface area contributed by atoms with Crippen molar-refractivity contribution in [2.24, 2.45) is 0 Å². The Balaban J connectivity index is 1.50. The second kappa shape index (κ2) is 17.7. The topological polar surface area (TPSA) is 139 Å². The first-order valence-electron chi connectivity index (χ1n) is 15.4. The van der Waals surface area contributed by atoms with Crippen molar-refractivity contribution in [1.82, 2.24) is 0 Å². The maximum absolute atomic E-state index is 13.6. The number of alkyl halides is 3. The van der Waals surface area contributed by atoms with E-state index in [-0.39, 0.29) is 37.7 Å². The second-order valence-corrected chi connectivity index (χ2v) is 13.5. The lowest BCUT2D eigenvalue weighted by atomic mass is 9.97. The number of halogens is 3. The summed E-state index contributed by atoms with van der Waals surface area (Å²) in [5.41, 5.74) is 2.36. The molecule has 1 N–H and O–H groups in total. The molecule has 14 heteroatoms. The molecule has 0 spiro atoms. The van der Waals surface area contributed by atoms with Crippen molar-refractivity contribution >= 4 is 52.4 Å². The summed E-state index contributed by atoms with van der Waals surface area (Å²) >= 11 is 18.0. The van der Waals surface area contributed by atoms with Crippen molar-refractivity contribution in [2.75, 3.05) is 6.61 Å². The number of nitrogens with one attached hydrogen (secondary N) is 1. The Hall–Kier alpha value is -4.07. The average Bonchev–Trinajstić information content (AvgIpc) is 3.12. The molecule has 1 fully saturated rings. The van der Waals surface area contributed by atoms with Crippen LogP contribution in [-0.2, 0) is 48.2 Å². The Morgan fingerprint density at radius 2 is 1.22 bits per heavy atom. The Morgan fingerprint density at radius 1 is 0.720 bits per heavy atom. The van der Waals surface area contributed by atoms with Crippen LogP contribution >= 0.6 is 34.8 Å². The standard InChI is InChI=1S/C36H33Cl3N2O9/c37-36(38,39)35(40)50-34-32(47-22-26-14-8-3-9-15-26)31(46-21-25-12-6-2-7-13-25)30(29(48-34)23-45-20-24-10-4-1-5-11-24)49-33(42)27-16-18-28(19-17-27)41(43)44/h1-19,29-32,34,40H,20-23H2/t29-,30-,31+,32+,34?/m1/s1. The van der Waals surface area contributed by atoms with Gasteiger partial charge in [-0.2, -0.15) is 0 Å². The van der Waals surface area contributed by atoms with E-state index in [1.165, 1.54) is 24.3 Å². The van der Waals surface area contributed by atoms with Crippen LogP contribution < -0.4 is 0 Å². The maximum Gasteiger partial charge on any atom is 0.338 e. The number of rotatable bonds is 14. The Bertz CT molecular complexity index is 1700. The van der Waals surface area contributed by atoms with Crippen molar-refractivity contribution in [3.05, 3.63) is 148 Å². The largest absolute Gasteiger partial charge is 0.453 e. The van der Waals surface area contributed by atoms with E-state index in [1.807, 2.05) is 91.0 Å². The molecule has 0 aromatic heterocycles. The fraction of sp³-hybridized carbons (Fsp3) is 0.278. The highest BCUT2D eigenvalue weighted by molar-refractivity contribution is 6.76. The minimum Gasteiger partial charge on any atom is -0.453 e. The molecule has 11 nitrogen and oxygen atoms in total. The monoisotopic (exact) mass is 742 g/mol. The van der Waals surface area contributed by atoms with Crippen LogP contribution in [0.25, 0.3) is 0 Å². The summed E-state index contributed by atoms with van der Waals surface area (Å²) in [6.45, 7) is 0.196. The Morgan fingerprint density at radius 3 is 1.72 bits per heavy atom. The Labute approximate surface area is 303 Å². The van der Waals surface area contributed by atoms with Crippen LogP contribution in [0.1, 0.15) is 27.0 Å². The molecule has 4 aromatic carbocycles. The fourth-order valence-corrected chi connectivity index (χ4v) is 5.24. The van der Waals surface area contributed by atoms with Crippen LogP contribution in [0.4, 0.5) is 5.69 Å². The van der Waals surface area contributed by atoms with Crippen LogP contribution in [0.15, 0.2) is 115 Å². The summed E-state index contributed by atoms with van der Waals surface area (Å²) in [4.78, 5) is 24.3. The molecule has 0 amide bonds. The third-order valence-corrected chi connectivity index (χ3v) is 8.12. The summed E-state index contributed by atoms with van der Waals surface area (Å²) in [6.07, 6.45) is -5.85. The molecule has 0 aliphatic carbocycles. The van der Waals surface area contributed by atoms with Gasteiger partial charge in [-0.05, 0) is 28.8 Å². The highest BCUT2D eigenvalue weighted by Crippen LogP contribution is 2.35. The zero-order valence-electron chi connectivity index (χ0n) is 26.4. The third kappa shape index (κ3) is 10.5. The van der Waals surface area contributed by atoms with Crippen LogP contribution in [0.3, 0.4) is 0 Å². The molecule has 1 aliphatic rings. The summed E-state index contributed by atoms with van der Waals surface area (Å²) in [7, 11) is 0. The molecule has 1 unspecified atom stereocenters. The van der Waals surface area contributed by atoms with Crippen LogP contribution in [-0.4, -0.2) is 57.9 Å². The van der Waals surface area contributed by atoms with Gasteiger partial charge in [0.2, 0.25) is 12.2 Å². The molecule has 0 bridgehead atoms. The van der Waals surface area contributed by atoms with Gasteiger partial charge in [0, 0.05) is 12.1 Å². The first-order chi connectivity index (χ1) is 24.1. The van der Waals surface area contributed by atoms with E-state index in [9.17, 15) is 14.9 Å². The van der Waals surface area contributed by atoms with Gasteiger partial charge in [0.05, 0.1) is 36.9 Å². The normalized spacial score (nSPS) is 20.5. The predicted octanol–water partition coefficient (Wildman–Crippen LogP) is 7.60. The number of ether oxygens (including phenoxy) is 6. The number of non-ortho nitro benzene ring substituents is 1. The van der Waals surface area contributed by atoms with Gasteiger partial charge in [-0.15, -0.1) is 0 Å². The highest BCUT2D eigenvalue weighted by atomic mass is 35.6. The van der Waals surface area contributed by atoms with Gasteiger partial charge >= 0.3 is 5.97 Å². The van der Waals surface area contributed by atoms with Gasteiger partial charge in [0.15, 0.2) is 6.10 Å². The smallest absolute Gasteiger partial charge is 0.338 e. The number of nitro groups is 1. The molecule has 0 saturated carbocycles. The quantitative estimate of drug-likeness (QED) is 0.0346. The van der Waals surface area contributed by atoms with Gasteiger partial charge in [-0.3, -0.25) is 15.5 Å². The summed E-state index contributed by atoms with van der Waals surface area (Å²) in [6, 6.07) is 33.0. The van der Waals surface area contributed by atoms with Gasteiger partial charge in [-0.1, -0.05) is 126 Å². The molecular weight excluding hydrogens is 711 g/mol. The molecule has 5 rings (SSSR count). The first kappa shape index (κ1) is 37.2. The van der Waals surface area contributed by atoms with E-state index >= 15 is 0 Å². The number of benzene rings is 4. The molecule has 1 heterocycles. The lowest BCUT2D eigenvalue weighted by molar-refractivity contribution is -0.384. The lowest BCUT2D eigenvalue weighted by Crippen LogP contribution is -2.62. The van der Waals surface area contributed by atoms with E-state index in [4.69, 9.17) is 68.6 Å². The van der Waals surface area contributed by atoms with Gasteiger partial charge < -0.3 is 28.4 Å². The fourth-order valence-electron chi connectivity index (χ4n) is 5.11. The minimum absolute atomic E-state index is 0.0548. The molecule has 1 aliphatic heterocycles. The number of nitrogens with zero attached hydrogens (tertiary/aromatic N) is 1. The Kier molecular flexibility index (Phi) is 13.2. The summed E-state index contributed by atoms with van der Waals surface area (Å²) < 4.78 is 34.9. The molecule has 5 atom stereocenters. The van der Waals surface area contributed by atoms with Gasteiger partial charge in [-0.25, -0.2) is 4.79 Å². The van der Waals surface area contributed by atoms with E-state index in [1.54, 1.807) is 0 Å². The SMILES string of the molecule is N=C(OC1O[C@H](COCc2ccccc2)[C@@H](OC(=O)c2ccc([N+](=O)[O-])cc2)[C@H](OCc2ccccc2)[C@@H]1OCc1ccccc1)C(Cl)(Cl)Cl. The van der Waals surface area contributed by atoms with E-state index in [2.05, 4.69) is 0 Å². The van der Waals surface area contributed by atoms with Crippen molar-refractivity contribution in [2.45, 2.75) is 54.3 Å². The minimum atomic E-state index is -2.23. The van der Waals surface area contributed by atoms with Crippen molar-refractivity contribution < 1.29 is 38.1 Å². The van der Waals surface area contributed by atoms with Gasteiger partial charge in [0.25, 0.3) is 9.48 Å². The molecule has 50 heavy (non-hydrogen) atoms. The molecular formula is C36H33Cl3N2O9. The van der Waals surface area contributed by atoms with E-state index in [0.29, 0.717) is 0 Å². The second-order valence-electron chi connectivity index (χ2n) is 11.2.